The van der Waals surface area contributed by atoms with Crippen molar-refractivity contribution in [3.8, 4) is 0 Å². The minimum atomic E-state index is -0.848. The van der Waals surface area contributed by atoms with Gasteiger partial charge in [-0.2, -0.15) is 0 Å². The van der Waals surface area contributed by atoms with Crippen LogP contribution in [0.5, 0.6) is 0 Å². The third kappa shape index (κ3) is 2.63. The Balaban J connectivity index is 1.89. The predicted molar refractivity (Wildman–Crippen MR) is 71.1 cm³/mol. The first-order valence-corrected chi connectivity index (χ1v) is 6.81. The van der Waals surface area contributed by atoms with Crippen molar-refractivity contribution in [2.45, 2.75) is 26.3 Å². The largest absolute Gasteiger partial charge is 0.481 e. The van der Waals surface area contributed by atoms with Crippen LogP contribution in [0.4, 0.5) is 4.79 Å². The zero-order valence-corrected chi connectivity index (χ0v) is 12.0. The lowest BCUT2D eigenvalue weighted by Gasteiger charge is -2.20. The molecule has 2 rings (SSSR count). The lowest BCUT2D eigenvalue weighted by Crippen LogP contribution is -2.41. The zero-order valence-electron chi connectivity index (χ0n) is 12.0. The Kier molecular flexibility index (Phi) is 3.73. The number of imide groups is 1. The van der Waals surface area contributed by atoms with E-state index in [1.807, 2.05) is 11.8 Å². The Hall–Kier alpha value is -1.63. The summed E-state index contributed by atoms with van der Waals surface area (Å²) in [6.07, 6.45) is 0. The van der Waals surface area contributed by atoms with Crippen LogP contribution in [0, 0.1) is 11.8 Å². The van der Waals surface area contributed by atoms with E-state index in [9.17, 15) is 14.4 Å². The molecule has 2 saturated heterocycles. The minimum Gasteiger partial charge on any atom is -0.481 e. The molecule has 3 amide bonds. The highest BCUT2D eigenvalue weighted by Gasteiger charge is 2.44. The molecule has 2 N–H and O–H groups in total. The molecule has 20 heavy (non-hydrogen) atoms. The number of likely N-dealkylation sites (tertiary alicyclic amines) is 1. The van der Waals surface area contributed by atoms with Crippen molar-refractivity contribution in [2.24, 2.45) is 11.8 Å². The average Bonchev–Trinajstić information content (AvgIpc) is 2.77. The topological polar surface area (TPSA) is 90.0 Å². The summed E-state index contributed by atoms with van der Waals surface area (Å²) in [6.45, 7) is 7.23. The molecule has 112 valence electrons. The van der Waals surface area contributed by atoms with Crippen molar-refractivity contribution < 1.29 is 19.5 Å². The quantitative estimate of drug-likeness (QED) is 0.707. The number of carbonyl (C=O) groups excluding carboxylic acids is 2. The molecule has 0 aromatic carbocycles. The van der Waals surface area contributed by atoms with Gasteiger partial charge in [0.25, 0.3) is 5.91 Å². The van der Waals surface area contributed by atoms with Gasteiger partial charge in [0.1, 0.15) is 5.54 Å². The second-order valence-corrected chi connectivity index (χ2v) is 6.19. The molecule has 0 aromatic rings. The minimum absolute atomic E-state index is 0.0899. The van der Waals surface area contributed by atoms with Crippen LogP contribution >= 0.6 is 0 Å². The molecule has 0 bridgehead atoms. The fourth-order valence-corrected chi connectivity index (χ4v) is 2.83. The highest BCUT2D eigenvalue weighted by molar-refractivity contribution is 6.06. The first-order chi connectivity index (χ1) is 9.22. The molecule has 0 radical (unpaired) electrons. The summed E-state index contributed by atoms with van der Waals surface area (Å²) in [5.41, 5.74) is -0.848. The fraction of sp³-hybridized carbons (Fsp3) is 0.769. The van der Waals surface area contributed by atoms with Crippen molar-refractivity contribution >= 4 is 17.9 Å². The van der Waals surface area contributed by atoms with Gasteiger partial charge in [-0.05, 0) is 19.8 Å². The molecule has 0 spiro atoms. The number of hydrogen-bond donors (Lipinski definition) is 2. The first kappa shape index (κ1) is 14.8. The predicted octanol–water partition coefficient (Wildman–Crippen LogP) is -0.0307. The number of urea groups is 1. The third-order valence-corrected chi connectivity index (χ3v) is 4.09. The Morgan fingerprint density at radius 1 is 1.35 bits per heavy atom. The molecule has 2 atom stereocenters. The number of rotatable bonds is 4. The van der Waals surface area contributed by atoms with Gasteiger partial charge in [0, 0.05) is 26.2 Å². The highest BCUT2D eigenvalue weighted by atomic mass is 16.4. The van der Waals surface area contributed by atoms with Gasteiger partial charge in [-0.1, -0.05) is 6.92 Å². The monoisotopic (exact) mass is 283 g/mol. The SMILES string of the molecule is C[C@@H]1CN(CCN2C(=O)NC(C)(C)C2=O)C[C@H]1C(=O)O. The zero-order chi connectivity index (χ0) is 15.1. The van der Waals surface area contributed by atoms with Crippen LogP contribution < -0.4 is 5.32 Å². The van der Waals surface area contributed by atoms with Crippen LogP contribution in [-0.2, 0) is 9.59 Å². The third-order valence-electron chi connectivity index (χ3n) is 4.09. The average molecular weight is 283 g/mol. The number of carboxylic acid groups (broad SMARTS) is 1. The molecule has 0 unspecified atom stereocenters. The molecule has 7 nitrogen and oxygen atoms in total. The van der Waals surface area contributed by atoms with Crippen molar-refractivity contribution in [3.05, 3.63) is 0 Å². The van der Waals surface area contributed by atoms with Crippen molar-refractivity contribution in [1.29, 1.82) is 0 Å². The second-order valence-electron chi connectivity index (χ2n) is 6.19. The molecular weight excluding hydrogens is 262 g/mol. The van der Waals surface area contributed by atoms with E-state index in [1.54, 1.807) is 13.8 Å². The summed E-state index contributed by atoms with van der Waals surface area (Å²) < 4.78 is 0. The first-order valence-electron chi connectivity index (χ1n) is 6.81. The van der Waals surface area contributed by atoms with Gasteiger partial charge < -0.3 is 15.3 Å². The molecule has 0 aromatic heterocycles. The Labute approximate surface area is 117 Å². The lowest BCUT2D eigenvalue weighted by molar-refractivity contribution is -0.142. The van der Waals surface area contributed by atoms with E-state index in [4.69, 9.17) is 5.11 Å². The van der Waals surface area contributed by atoms with Crippen LogP contribution in [0.2, 0.25) is 0 Å². The van der Waals surface area contributed by atoms with E-state index in [0.717, 1.165) is 0 Å². The molecule has 2 aliphatic heterocycles. The molecule has 0 aliphatic carbocycles. The lowest BCUT2D eigenvalue weighted by atomic mass is 9.99. The van der Waals surface area contributed by atoms with Crippen LogP contribution in [0.15, 0.2) is 0 Å². The van der Waals surface area contributed by atoms with E-state index in [2.05, 4.69) is 5.32 Å². The Morgan fingerprint density at radius 2 is 2.00 bits per heavy atom. The number of aliphatic carboxylic acids is 1. The van der Waals surface area contributed by atoms with Crippen LogP contribution in [-0.4, -0.2) is 64.5 Å². The van der Waals surface area contributed by atoms with Crippen molar-refractivity contribution in [1.82, 2.24) is 15.1 Å². The number of nitrogens with zero attached hydrogens (tertiary/aromatic N) is 2. The van der Waals surface area contributed by atoms with Crippen LogP contribution in [0.3, 0.4) is 0 Å². The molecule has 0 saturated carbocycles. The summed E-state index contributed by atoms with van der Waals surface area (Å²) in [6, 6.07) is -0.373. The highest BCUT2D eigenvalue weighted by Crippen LogP contribution is 2.23. The summed E-state index contributed by atoms with van der Waals surface area (Å²) in [7, 11) is 0. The maximum atomic E-state index is 12.0. The van der Waals surface area contributed by atoms with Gasteiger partial charge >= 0.3 is 12.0 Å². The van der Waals surface area contributed by atoms with Gasteiger partial charge in [0.15, 0.2) is 0 Å². The van der Waals surface area contributed by atoms with Gasteiger partial charge in [-0.3, -0.25) is 14.5 Å². The van der Waals surface area contributed by atoms with Gasteiger partial charge in [0.2, 0.25) is 0 Å². The van der Waals surface area contributed by atoms with E-state index in [-0.39, 0.29) is 23.8 Å². The fourth-order valence-electron chi connectivity index (χ4n) is 2.83. The van der Waals surface area contributed by atoms with Crippen LogP contribution in [0.1, 0.15) is 20.8 Å². The number of nitrogens with one attached hydrogen (secondary N) is 1. The number of amides is 3. The summed E-state index contributed by atoms with van der Waals surface area (Å²) in [5, 5.41) is 11.7. The van der Waals surface area contributed by atoms with E-state index >= 15 is 0 Å². The van der Waals surface area contributed by atoms with E-state index in [0.29, 0.717) is 26.2 Å². The molecule has 2 fully saturated rings. The summed E-state index contributed by atoms with van der Waals surface area (Å²) >= 11 is 0. The van der Waals surface area contributed by atoms with Crippen molar-refractivity contribution in [2.75, 3.05) is 26.2 Å². The number of carboxylic acids is 1. The molecule has 7 heteroatoms. The summed E-state index contributed by atoms with van der Waals surface area (Å²) in [4.78, 5) is 38.0. The van der Waals surface area contributed by atoms with E-state index in [1.165, 1.54) is 4.90 Å². The van der Waals surface area contributed by atoms with Gasteiger partial charge in [-0.15, -0.1) is 0 Å². The molecular formula is C13H21N3O4. The van der Waals surface area contributed by atoms with E-state index < -0.39 is 11.5 Å². The Bertz CT molecular complexity index is 449. The maximum Gasteiger partial charge on any atom is 0.325 e. The number of hydrogen-bond acceptors (Lipinski definition) is 4. The van der Waals surface area contributed by atoms with Gasteiger partial charge in [0.05, 0.1) is 5.92 Å². The van der Waals surface area contributed by atoms with Crippen LogP contribution in [0.25, 0.3) is 0 Å². The maximum absolute atomic E-state index is 12.0. The van der Waals surface area contributed by atoms with Crippen molar-refractivity contribution in [3.63, 3.8) is 0 Å². The van der Waals surface area contributed by atoms with Gasteiger partial charge in [-0.25, -0.2) is 4.79 Å². The second kappa shape index (κ2) is 5.05. The normalized spacial score (nSPS) is 29.9. The molecule has 2 aliphatic rings. The Morgan fingerprint density at radius 3 is 2.45 bits per heavy atom. The number of carbonyl (C=O) groups is 3. The molecule has 2 heterocycles. The standard InChI is InChI=1S/C13H21N3O4/c1-8-6-15(7-9(8)10(17)18)4-5-16-11(19)13(2,3)14-12(16)20/h8-9H,4-7H2,1-3H3,(H,14,20)(H,17,18)/t8-,9-/m1/s1. The smallest absolute Gasteiger partial charge is 0.325 e. The summed E-state index contributed by atoms with van der Waals surface area (Å²) in [5.74, 6) is -1.29.